The van der Waals surface area contributed by atoms with E-state index in [-0.39, 0.29) is 10.6 Å². The summed E-state index contributed by atoms with van der Waals surface area (Å²) >= 11 is 0. The third kappa shape index (κ3) is 3.67. The quantitative estimate of drug-likeness (QED) is 0.633. The summed E-state index contributed by atoms with van der Waals surface area (Å²) < 4.78 is 0. The largest absolute Gasteiger partial charge is 0.382 e. The molecule has 5 nitrogen and oxygen atoms in total. The van der Waals surface area contributed by atoms with E-state index in [4.69, 9.17) is 0 Å². The molecule has 0 aliphatic carbocycles. The van der Waals surface area contributed by atoms with Gasteiger partial charge in [0.2, 0.25) is 0 Å². The fraction of sp³-hybridized carbons (Fsp3) is 0.571. The van der Waals surface area contributed by atoms with Crippen molar-refractivity contribution >= 4 is 11.4 Å². The van der Waals surface area contributed by atoms with Gasteiger partial charge in [0.05, 0.1) is 4.92 Å². The fourth-order valence-corrected chi connectivity index (χ4v) is 2.62. The van der Waals surface area contributed by atoms with Crippen LogP contribution in [0.3, 0.4) is 0 Å². The molecule has 0 spiro atoms. The number of benzene rings is 1. The summed E-state index contributed by atoms with van der Waals surface area (Å²) in [6, 6.07) is 6.19. The number of anilines is 1. The van der Waals surface area contributed by atoms with Crippen molar-refractivity contribution in [2.45, 2.75) is 45.2 Å². The third-order valence-corrected chi connectivity index (χ3v) is 3.62. The van der Waals surface area contributed by atoms with Gasteiger partial charge >= 0.3 is 0 Å². The first-order valence-corrected chi connectivity index (χ1v) is 6.81. The van der Waals surface area contributed by atoms with Crippen LogP contribution in [0.15, 0.2) is 18.2 Å². The van der Waals surface area contributed by atoms with Crippen LogP contribution in [0.25, 0.3) is 0 Å². The predicted octanol–water partition coefficient (Wildman–Crippen LogP) is 2.85. The van der Waals surface area contributed by atoms with E-state index in [1.165, 1.54) is 12.8 Å². The maximum atomic E-state index is 10.9. The highest BCUT2D eigenvalue weighted by Crippen LogP contribution is 2.23. The third-order valence-electron chi connectivity index (χ3n) is 3.62. The molecule has 5 heteroatoms. The van der Waals surface area contributed by atoms with Crippen LogP contribution in [0.5, 0.6) is 0 Å². The predicted molar refractivity (Wildman–Crippen MR) is 76.6 cm³/mol. The number of aryl methyl sites for hydroxylation is 1. The van der Waals surface area contributed by atoms with Gasteiger partial charge in [0.15, 0.2) is 0 Å². The number of hydrogen-bond acceptors (Lipinski definition) is 4. The molecule has 2 N–H and O–H groups in total. The zero-order chi connectivity index (χ0) is 13.8. The standard InChI is InChI=1S/C14H21N3O2/c1-10-5-6-13(9-14(10)17(18)19)16-11(2)8-12-4-3-7-15-12/h5-6,9,11-12,15-16H,3-4,7-8H2,1-2H3. The molecule has 0 amide bonds. The zero-order valence-corrected chi connectivity index (χ0v) is 11.5. The van der Waals surface area contributed by atoms with E-state index in [2.05, 4.69) is 17.6 Å². The Labute approximate surface area is 113 Å². The lowest BCUT2D eigenvalue weighted by Crippen LogP contribution is -2.29. The maximum Gasteiger partial charge on any atom is 0.274 e. The van der Waals surface area contributed by atoms with Crippen molar-refractivity contribution in [2.75, 3.05) is 11.9 Å². The minimum absolute atomic E-state index is 0.177. The first-order chi connectivity index (χ1) is 9.06. The Morgan fingerprint density at radius 3 is 3.00 bits per heavy atom. The van der Waals surface area contributed by atoms with Gasteiger partial charge in [0.25, 0.3) is 5.69 Å². The monoisotopic (exact) mass is 263 g/mol. The van der Waals surface area contributed by atoms with Gasteiger partial charge in [-0.3, -0.25) is 10.1 Å². The molecule has 2 rings (SSSR count). The first kappa shape index (κ1) is 13.8. The van der Waals surface area contributed by atoms with Gasteiger partial charge in [-0.25, -0.2) is 0 Å². The Morgan fingerprint density at radius 2 is 2.37 bits per heavy atom. The highest BCUT2D eigenvalue weighted by Gasteiger charge is 2.17. The molecule has 1 aliphatic rings. The van der Waals surface area contributed by atoms with Crippen LogP contribution in [-0.4, -0.2) is 23.6 Å². The molecule has 1 heterocycles. The molecule has 104 valence electrons. The van der Waals surface area contributed by atoms with E-state index in [0.717, 1.165) is 18.7 Å². The fourth-order valence-electron chi connectivity index (χ4n) is 2.62. The molecule has 1 aliphatic heterocycles. The second-order valence-electron chi connectivity index (χ2n) is 5.33. The van der Waals surface area contributed by atoms with Crippen molar-refractivity contribution in [3.8, 4) is 0 Å². The molecule has 1 saturated heterocycles. The molecule has 1 fully saturated rings. The molecule has 0 aromatic heterocycles. The molecule has 1 aromatic carbocycles. The summed E-state index contributed by atoms with van der Waals surface area (Å²) in [5.74, 6) is 0. The Morgan fingerprint density at radius 1 is 1.58 bits per heavy atom. The second-order valence-corrected chi connectivity index (χ2v) is 5.33. The zero-order valence-electron chi connectivity index (χ0n) is 11.5. The topological polar surface area (TPSA) is 67.2 Å². The van der Waals surface area contributed by atoms with Crippen molar-refractivity contribution in [3.05, 3.63) is 33.9 Å². The van der Waals surface area contributed by atoms with Crippen LogP contribution in [0.4, 0.5) is 11.4 Å². The second kappa shape index (κ2) is 6.02. The van der Waals surface area contributed by atoms with Gasteiger partial charge in [-0.2, -0.15) is 0 Å². The maximum absolute atomic E-state index is 10.9. The summed E-state index contributed by atoms with van der Waals surface area (Å²) in [5, 5.41) is 17.7. The van der Waals surface area contributed by atoms with Crippen molar-refractivity contribution in [3.63, 3.8) is 0 Å². The molecule has 0 radical (unpaired) electrons. The van der Waals surface area contributed by atoms with Crippen LogP contribution < -0.4 is 10.6 Å². The Hall–Kier alpha value is -1.62. The summed E-state index contributed by atoms with van der Waals surface area (Å²) in [6.45, 7) is 4.98. The van der Waals surface area contributed by atoms with Gasteiger partial charge in [0.1, 0.15) is 0 Å². The molecule has 0 saturated carbocycles. The van der Waals surface area contributed by atoms with Crippen LogP contribution in [0, 0.1) is 17.0 Å². The number of rotatable bonds is 5. The Bertz CT molecular complexity index is 456. The van der Waals surface area contributed by atoms with E-state index in [9.17, 15) is 10.1 Å². The highest BCUT2D eigenvalue weighted by molar-refractivity contribution is 5.55. The molecular formula is C14H21N3O2. The van der Waals surface area contributed by atoms with E-state index >= 15 is 0 Å². The Balaban J connectivity index is 1.98. The normalized spacial score (nSPS) is 20.2. The average molecular weight is 263 g/mol. The van der Waals surface area contributed by atoms with Crippen LogP contribution in [0.2, 0.25) is 0 Å². The Kier molecular flexibility index (Phi) is 4.37. The molecular weight excluding hydrogens is 242 g/mol. The van der Waals surface area contributed by atoms with Crippen LogP contribution in [-0.2, 0) is 0 Å². The van der Waals surface area contributed by atoms with Gasteiger partial charge < -0.3 is 10.6 Å². The number of nitro benzene ring substituents is 1. The van der Waals surface area contributed by atoms with Crippen molar-refractivity contribution in [1.29, 1.82) is 0 Å². The lowest BCUT2D eigenvalue weighted by atomic mass is 10.1. The van der Waals surface area contributed by atoms with Crippen molar-refractivity contribution in [2.24, 2.45) is 0 Å². The summed E-state index contributed by atoms with van der Waals surface area (Å²) in [5.41, 5.74) is 1.69. The van der Waals surface area contributed by atoms with E-state index in [1.54, 1.807) is 19.1 Å². The molecule has 0 bridgehead atoms. The van der Waals surface area contributed by atoms with Gasteiger partial charge in [-0.05, 0) is 45.7 Å². The minimum atomic E-state index is -0.330. The summed E-state index contributed by atoms with van der Waals surface area (Å²) in [6.07, 6.45) is 3.51. The molecule has 2 unspecified atom stereocenters. The lowest BCUT2D eigenvalue weighted by molar-refractivity contribution is -0.385. The minimum Gasteiger partial charge on any atom is -0.382 e. The lowest BCUT2D eigenvalue weighted by Gasteiger charge is -2.19. The SMILES string of the molecule is Cc1ccc(NC(C)CC2CCCN2)cc1[N+](=O)[O-]. The van der Waals surface area contributed by atoms with E-state index in [0.29, 0.717) is 17.6 Å². The van der Waals surface area contributed by atoms with Crippen molar-refractivity contribution in [1.82, 2.24) is 5.32 Å². The molecule has 1 aromatic rings. The van der Waals surface area contributed by atoms with Crippen molar-refractivity contribution < 1.29 is 4.92 Å². The van der Waals surface area contributed by atoms with Gasteiger partial charge in [-0.1, -0.05) is 6.07 Å². The highest BCUT2D eigenvalue weighted by atomic mass is 16.6. The van der Waals surface area contributed by atoms with Crippen LogP contribution in [0.1, 0.15) is 31.7 Å². The molecule has 2 atom stereocenters. The smallest absolute Gasteiger partial charge is 0.274 e. The average Bonchev–Trinajstić information content (AvgIpc) is 2.84. The first-order valence-electron chi connectivity index (χ1n) is 6.81. The van der Waals surface area contributed by atoms with E-state index in [1.807, 2.05) is 6.07 Å². The number of nitro groups is 1. The number of nitrogens with zero attached hydrogens (tertiary/aromatic N) is 1. The summed E-state index contributed by atoms with van der Waals surface area (Å²) in [7, 11) is 0. The van der Waals surface area contributed by atoms with Crippen LogP contribution >= 0.6 is 0 Å². The molecule has 19 heavy (non-hydrogen) atoms. The van der Waals surface area contributed by atoms with Gasteiger partial charge in [0, 0.05) is 29.4 Å². The number of hydrogen-bond donors (Lipinski definition) is 2. The van der Waals surface area contributed by atoms with Gasteiger partial charge in [-0.15, -0.1) is 0 Å². The van der Waals surface area contributed by atoms with E-state index < -0.39 is 0 Å². The number of nitrogens with one attached hydrogen (secondary N) is 2. The summed E-state index contributed by atoms with van der Waals surface area (Å²) in [4.78, 5) is 10.6.